The maximum Gasteiger partial charge on any atom is 0.426 e. The lowest BCUT2D eigenvalue weighted by atomic mass is 10.3. The first kappa shape index (κ1) is 14.8. The predicted octanol–water partition coefficient (Wildman–Crippen LogP) is 1.62. The van der Waals surface area contributed by atoms with Crippen molar-refractivity contribution in [3.8, 4) is 5.75 Å². The van der Waals surface area contributed by atoms with Gasteiger partial charge in [-0.05, 0) is 25.5 Å². The van der Waals surface area contributed by atoms with E-state index in [-0.39, 0.29) is 18.9 Å². The molecule has 0 atom stereocenters. The van der Waals surface area contributed by atoms with E-state index in [1.54, 1.807) is 6.92 Å². The molecule has 2 N–H and O–H groups in total. The number of para-hydroxylation sites is 1. The number of nitrogens with one attached hydrogen (secondary N) is 2. The van der Waals surface area contributed by atoms with Crippen molar-refractivity contribution in [3.05, 3.63) is 30.3 Å². The first-order valence-corrected chi connectivity index (χ1v) is 6.12. The molecule has 1 aromatic rings. The number of amides is 2. The highest BCUT2D eigenvalue weighted by molar-refractivity contribution is 5.78. The van der Waals surface area contributed by atoms with E-state index in [0.29, 0.717) is 13.0 Å². The van der Waals surface area contributed by atoms with Crippen LogP contribution in [0.5, 0.6) is 5.75 Å². The molecule has 0 bridgehead atoms. The first-order valence-electron chi connectivity index (χ1n) is 6.12. The highest BCUT2D eigenvalue weighted by Crippen LogP contribution is 2.08. The van der Waals surface area contributed by atoms with Crippen molar-refractivity contribution >= 4 is 12.0 Å². The van der Waals surface area contributed by atoms with Crippen LogP contribution in [0.3, 0.4) is 0 Å². The lowest BCUT2D eigenvalue weighted by molar-refractivity contribution is -0.122. The van der Waals surface area contributed by atoms with Crippen LogP contribution < -0.4 is 15.6 Å². The summed E-state index contributed by atoms with van der Waals surface area (Å²) in [5.41, 5.74) is 4.39. The van der Waals surface area contributed by atoms with Crippen molar-refractivity contribution in [2.24, 2.45) is 0 Å². The molecule has 0 spiro atoms. The molecule has 0 aliphatic heterocycles. The fourth-order valence-corrected chi connectivity index (χ4v) is 1.29. The molecular formula is C13H18N2O4. The quantitative estimate of drug-likeness (QED) is 0.606. The van der Waals surface area contributed by atoms with Gasteiger partial charge in [0.25, 0.3) is 0 Å². The van der Waals surface area contributed by atoms with Crippen LogP contribution in [-0.2, 0) is 9.53 Å². The SMILES string of the molecule is CCOC(=O)NNC(=O)CCCOc1ccccc1. The maximum atomic E-state index is 11.3. The summed E-state index contributed by atoms with van der Waals surface area (Å²) in [5.74, 6) is 0.484. The van der Waals surface area contributed by atoms with Gasteiger partial charge in [0.15, 0.2) is 0 Å². The van der Waals surface area contributed by atoms with E-state index >= 15 is 0 Å². The predicted molar refractivity (Wildman–Crippen MR) is 69.5 cm³/mol. The summed E-state index contributed by atoms with van der Waals surface area (Å²) in [4.78, 5) is 22.2. The second-order valence-electron chi connectivity index (χ2n) is 3.66. The molecule has 104 valence electrons. The zero-order valence-corrected chi connectivity index (χ0v) is 10.8. The highest BCUT2D eigenvalue weighted by atomic mass is 16.6. The minimum atomic E-state index is -0.670. The van der Waals surface area contributed by atoms with Gasteiger partial charge in [-0.2, -0.15) is 0 Å². The van der Waals surface area contributed by atoms with Crippen LogP contribution in [0.4, 0.5) is 4.79 Å². The zero-order chi connectivity index (χ0) is 13.9. The number of hydrogen-bond acceptors (Lipinski definition) is 4. The van der Waals surface area contributed by atoms with Crippen molar-refractivity contribution in [1.29, 1.82) is 0 Å². The van der Waals surface area contributed by atoms with Crippen LogP contribution in [-0.4, -0.2) is 25.2 Å². The van der Waals surface area contributed by atoms with Gasteiger partial charge in [-0.15, -0.1) is 0 Å². The van der Waals surface area contributed by atoms with E-state index in [4.69, 9.17) is 4.74 Å². The Morgan fingerprint density at radius 1 is 1.16 bits per heavy atom. The van der Waals surface area contributed by atoms with Crippen LogP contribution in [0.15, 0.2) is 30.3 Å². The highest BCUT2D eigenvalue weighted by Gasteiger charge is 2.04. The normalized spacial score (nSPS) is 9.53. The Hall–Kier alpha value is -2.24. The number of benzene rings is 1. The van der Waals surface area contributed by atoms with Gasteiger partial charge in [-0.1, -0.05) is 18.2 Å². The third-order valence-corrected chi connectivity index (χ3v) is 2.14. The summed E-state index contributed by atoms with van der Waals surface area (Å²) >= 11 is 0. The van der Waals surface area contributed by atoms with Crippen molar-refractivity contribution < 1.29 is 19.1 Å². The van der Waals surface area contributed by atoms with Crippen molar-refractivity contribution in [2.75, 3.05) is 13.2 Å². The molecule has 0 saturated heterocycles. The molecule has 1 aromatic carbocycles. The van der Waals surface area contributed by atoms with E-state index in [9.17, 15) is 9.59 Å². The van der Waals surface area contributed by atoms with Gasteiger partial charge < -0.3 is 9.47 Å². The summed E-state index contributed by atoms with van der Waals surface area (Å²) in [6.07, 6.45) is 0.154. The second-order valence-corrected chi connectivity index (χ2v) is 3.66. The van der Waals surface area contributed by atoms with Gasteiger partial charge in [0.1, 0.15) is 5.75 Å². The molecule has 6 nitrogen and oxygen atoms in total. The molecule has 19 heavy (non-hydrogen) atoms. The standard InChI is InChI=1S/C13H18N2O4/c1-2-18-13(17)15-14-12(16)9-6-10-19-11-7-4-3-5-8-11/h3-5,7-8H,2,6,9-10H2,1H3,(H,14,16)(H,15,17). The van der Waals surface area contributed by atoms with Gasteiger partial charge in [0, 0.05) is 6.42 Å². The first-order chi connectivity index (χ1) is 9.22. The van der Waals surface area contributed by atoms with Crippen LogP contribution in [0.25, 0.3) is 0 Å². The Bertz CT molecular complexity index is 395. The molecule has 0 radical (unpaired) electrons. The van der Waals surface area contributed by atoms with Crippen LogP contribution in [0.1, 0.15) is 19.8 Å². The van der Waals surface area contributed by atoms with E-state index in [0.717, 1.165) is 5.75 Å². The smallest absolute Gasteiger partial charge is 0.426 e. The second kappa shape index (κ2) is 8.79. The number of hydrazine groups is 1. The number of rotatable bonds is 6. The molecule has 0 unspecified atom stereocenters. The molecule has 0 fully saturated rings. The molecule has 0 aliphatic rings. The van der Waals surface area contributed by atoms with Crippen molar-refractivity contribution in [3.63, 3.8) is 0 Å². The topological polar surface area (TPSA) is 76.7 Å². The van der Waals surface area contributed by atoms with Gasteiger partial charge >= 0.3 is 6.09 Å². The van der Waals surface area contributed by atoms with Gasteiger partial charge in [0.05, 0.1) is 13.2 Å². The van der Waals surface area contributed by atoms with Crippen LogP contribution in [0, 0.1) is 0 Å². The summed E-state index contributed by atoms with van der Waals surface area (Å²) in [6.45, 7) is 2.38. The fourth-order valence-electron chi connectivity index (χ4n) is 1.29. The van der Waals surface area contributed by atoms with Crippen LogP contribution >= 0.6 is 0 Å². The average Bonchev–Trinajstić information content (AvgIpc) is 2.43. The third kappa shape index (κ3) is 6.92. The Balaban J connectivity index is 2.06. The Kier molecular flexibility index (Phi) is 6.86. The summed E-state index contributed by atoms with van der Waals surface area (Å²) in [5, 5.41) is 0. The Morgan fingerprint density at radius 2 is 1.89 bits per heavy atom. The van der Waals surface area contributed by atoms with Gasteiger partial charge in [0.2, 0.25) is 5.91 Å². The van der Waals surface area contributed by atoms with Crippen molar-refractivity contribution in [1.82, 2.24) is 10.9 Å². The van der Waals surface area contributed by atoms with Gasteiger partial charge in [-0.3, -0.25) is 10.2 Å². The largest absolute Gasteiger partial charge is 0.494 e. The molecule has 1 rings (SSSR count). The minimum Gasteiger partial charge on any atom is -0.494 e. The maximum absolute atomic E-state index is 11.3. The Morgan fingerprint density at radius 3 is 2.58 bits per heavy atom. The number of hydrogen-bond donors (Lipinski definition) is 2. The summed E-state index contributed by atoms with van der Waals surface area (Å²) in [7, 11) is 0. The number of ether oxygens (including phenoxy) is 2. The number of carbonyl (C=O) groups excluding carboxylic acids is 2. The van der Waals surface area contributed by atoms with E-state index in [1.165, 1.54) is 0 Å². The molecule has 0 heterocycles. The zero-order valence-electron chi connectivity index (χ0n) is 10.8. The van der Waals surface area contributed by atoms with Gasteiger partial charge in [-0.25, -0.2) is 10.2 Å². The lowest BCUT2D eigenvalue weighted by Crippen LogP contribution is -2.41. The van der Waals surface area contributed by atoms with E-state index in [1.807, 2.05) is 30.3 Å². The fraction of sp³-hybridized carbons (Fsp3) is 0.385. The Labute approximate surface area is 112 Å². The van der Waals surface area contributed by atoms with E-state index in [2.05, 4.69) is 15.6 Å². The lowest BCUT2D eigenvalue weighted by Gasteiger charge is -2.08. The minimum absolute atomic E-state index is 0.257. The molecule has 0 aliphatic carbocycles. The van der Waals surface area contributed by atoms with Crippen molar-refractivity contribution in [2.45, 2.75) is 19.8 Å². The molecule has 6 heteroatoms. The average molecular weight is 266 g/mol. The molecule has 0 saturated carbocycles. The summed E-state index contributed by atoms with van der Waals surface area (Å²) in [6, 6.07) is 9.36. The molecular weight excluding hydrogens is 248 g/mol. The molecule has 2 amide bonds. The van der Waals surface area contributed by atoms with E-state index < -0.39 is 6.09 Å². The summed E-state index contributed by atoms with van der Waals surface area (Å²) < 4.78 is 10.0. The molecule has 0 aromatic heterocycles. The monoisotopic (exact) mass is 266 g/mol. The number of carbonyl (C=O) groups is 2. The third-order valence-electron chi connectivity index (χ3n) is 2.14. The van der Waals surface area contributed by atoms with Crippen LogP contribution in [0.2, 0.25) is 0 Å².